The Kier molecular flexibility index (Phi) is 4.24. The molecule has 2 atom stereocenters. The van der Waals surface area contributed by atoms with Gasteiger partial charge in [0.2, 0.25) is 0 Å². The van der Waals surface area contributed by atoms with Crippen LogP contribution in [0.1, 0.15) is 62.1 Å². The molecule has 0 saturated heterocycles. The van der Waals surface area contributed by atoms with Crippen LogP contribution in [0.3, 0.4) is 0 Å². The van der Waals surface area contributed by atoms with Gasteiger partial charge in [0, 0.05) is 16.3 Å². The quantitative estimate of drug-likeness (QED) is 0.355. The average molecular weight is 467 g/mol. The summed E-state index contributed by atoms with van der Waals surface area (Å²) in [5.74, 6) is 1.05. The molecule has 3 aliphatic carbocycles. The van der Waals surface area contributed by atoms with E-state index in [-0.39, 0.29) is 5.41 Å². The predicted octanol–water partition coefficient (Wildman–Crippen LogP) is 7.21. The van der Waals surface area contributed by atoms with E-state index in [4.69, 9.17) is 0 Å². The van der Waals surface area contributed by atoms with Crippen molar-refractivity contribution in [3.05, 3.63) is 97.9 Å². The Balaban J connectivity index is 1.51. The number of rotatable bonds is 1. The van der Waals surface area contributed by atoms with Crippen LogP contribution in [0.15, 0.2) is 70.7 Å². The van der Waals surface area contributed by atoms with E-state index in [2.05, 4.69) is 110 Å². The molecule has 2 unspecified atom stereocenters. The van der Waals surface area contributed by atoms with Crippen LogP contribution in [0, 0.1) is 5.41 Å². The lowest BCUT2D eigenvalue weighted by Gasteiger charge is -2.37. The van der Waals surface area contributed by atoms with Gasteiger partial charge in [-0.1, -0.05) is 91.3 Å². The largest absolute Gasteiger partial charge is 0.0732 e. The van der Waals surface area contributed by atoms with Gasteiger partial charge in [-0.05, 0) is 85.5 Å². The first-order valence-corrected chi connectivity index (χ1v) is 12.2. The monoisotopic (exact) mass is 466 g/mol. The highest BCUT2D eigenvalue weighted by Crippen LogP contribution is 2.47. The first kappa shape index (κ1) is 19.3. The number of fused-ring (bicyclic) bond motifs is 1. The molecule has 3 aromatic carbocycles. The Morgan fingerprint density at radius 1 is 0.806 bits per heavy atom. The molecule has 0 aliphatic heterocycles. The Morgan fingerprint density at radius 2 is 1.58 bits per heavy atom. The molecule has 31 heavy (non-hydrogen) atoms. The Bertz CT molecular complexity index is 1430. The van der Waals surface area contributed by atoms with Crippen LogP contribution in [0.5, 0.6) is 0 Å². The van der Waals surface area contributed by atoms with E-state index in [1.807, 2.05) is 0 Å². The number of hydrogen-bond acceptors (Lipinski definition) is 0. The minimum Gasteiger partial charge on any atom is -0.0732 e. The van der Waals surface area contributed by atoms with Gasteiger partial charge in [0.1, 0.15) is 0 Å². The molecule has 0 radical (unpaired) electrons. The summed E-state index contributed by atoms with van der Waals surface area (Å²) < 4.78 is 1.13. The molecular formula is C30H27Br. The smallest absolute Gasteiger partial charge is 0.0181 e. The minimum absolute atomic E-state index is 0.196. The minimum atomic E-state index is 0.196. The van der Waals surface area contributed by atoms with Crippen LogP contribution in [0.25, 0.3) is 28.5 Å². The van der Waals surface area contributed by atoms with Gasteiger partial charge >= 0.3 is 0 Å². The summed E-state index contributed by atoms with van der Waals surface area (Å²) in [6.45, 7) is 6.99. The molecule has 3 aromatic rings. The number of halogens is 1. The standard InChI is InChI=1S/C30H27Br/c1-30(2,3)24-15-22-7-4-18-9-12-26(27-13-10-23(16-24)28(22)29(18)27)21-6-5-20-17-25(31)11-8-19(20)14-21/h4-9,11-12,14-17,23,27H,10,13H2,1-3H3. The van der Waals surface area contributed by atoms with E-state index in [1.165, 1.54) is 50.8 Å². The third kappa shape index (κ3) is 3.09. The highest BCUT2D eigenvalue weighted by molar-refractivity contribution is 9.10. The van der Waals surface area contributed by atoms with Crippen LogP contribution >= 0.6 is 15.9 Å². The molecule has 6 rings (SSSR count). The van der Waals surface area contributed by atoms with E-state index >= 15 is 0 Å². The van der Waals surface area contributed by atoms with Crippen molar-refractivity contribution in [3.63, 3.8) is 0 Å². The van der Waals surface area contributed by atoms with Crippen molar-refractivity contribution >= 4 is 44.4 Å². The zero-order valence-electron chi connectivity index (χ0n) is 18.4. The Hall–Kier alpha value is -2.38. The SMILES string of the molecule is CC(C)(C)C1=CC2CCC3C(c4ccc5cc(Br)ccc5c4)=CC=c4ccc(c2c43)=C1. The number of benzene rings is 3. The van der Waals surface area contributed by atoms with Crippen LogP contribution in [-0.2, 0) is 0 Å². The Labute approximate surface area is 192 Å². The van der Waals surface area contributed by atoms with Crippen molar-refractivity contribution < 1.29 is 0 Å². The van der Waals surface area contributed by atoms with Crippen LogP contribution in [0.4, 0.5) is 0 Å². The van der Waals surface area contributed by atoms with Crippen LogP contribution in [-0.4, -0.2) is 0 Å². The van der Waals surface area contributed by atoms with Gasteiger partial charge in [0.05, 0.1) is 0 Å². The number of allylic oxidation sites excluding steroid dienone is 4. The summed E-state index contributed by atoms with van der Waals surface area (Å²) in [4.78, 5) is 0. The maximum atomic E-state index is 3.60. The van der Waals surface area contributed by atoms with Crippen LogP contribution < -0.4 is 10.4 Å². The second kappa shape index (κ2) is 6.81. The van der Waals surface area contributed by atoms with Crippen molar-refractivity contribution in [2.45, 2.75) is 45.4 Å². The van der Waals surface area contributed by atoms with Gasteiger partial charge in [-0.15, -0.1) is 0 Å². The molecular weight excluding hydrogens is 440 g/mol. The average Bonchev–Trinajstić information content (AvgIpc) is 2.76. The maximum absolute atomic E-state index is 3.60. The lowest BCUT2D eigenvalue weighted by molar-refractivity contribution is 0.508. The maximum Gasteiger partial charge on any atom is 0.0181 e. The summed E-state index contributed by atoms with van der Waals surface area (Å²) in [6, 6.07) is 18.2. The highest BCUT2D eigenvalue weighted by Gasteiger charge is 2.34. The van der Waals surface area contributed by atoms with Gasteiger partial charge in [-0.25, -0.2) is 0 Å². The molecule has 0 N–H and O–H groups in total. The molecule has 0 nitrogen and oxygen atoms in total. The van der Waals surface area contributed by atoms with Crippen molar-refractivity contribution in [3.8, 4) is 0 Å². The summed E-state index contributed by atoms with van der Waals surface area (Å²) in [7, 11) is 0. The van der Waals surface area contributed by atoms with Crippen molar-refractivity contribution in [1.29, 1.82) is 0 Å². The molecule has 0 fully saturated rings. The third-order valence-electron chi connectivity index (χ3n) is 7.35. The van der Waals surface area contributed by atoms with E-state index in [9.17, 15) is 0 Å². The van der Waals surface area contributed by atoms with Gasteiger partial charge in [-0.3, -0.25) is 0 Å². The molecule has 0 aromatic heterocycles. The fourth-order valence-corrected chi connectivity index (χ4v) is 6.12. The molecule has 0 heterocycles. The first-order valence-electron chi connectivity index (χ1n) is 11.4. The van der Waals surface area contributed by atoms with E-state index in [0.717, 1.165) is 4.47 Å². The summed E-state index contributed by atoms with van der Waals surface area (Å²) in [5.41, 5.74) is 7.70. The van der Waals surface area contributed by atoms with Crippen molar-refractivity contribution in [2.24, 2.45) is 5.41 Å². The Morgan fingerprint density at radius 3 is 2.42 bits per heavy atom. The van der Waals surface area contributed by atoms with Crippen molar-refractivity contribution in [1.82, 2.24) is 0 Å². The lowest BCUT2D eigenvalue weighted by atomic mass is 9.67. The fraction of sp³-hybridized carbons (Fsp3) is 0.267. The third-order valence-corrected chi connectivity index (χ3v) is 7.84. The van der Waals surface area contributed by atoms with Gasteiger partial charge in [0.25, 0.3) is 0 Å². The second-order valence-electron chi connectivity index (χ2n) is 10.3. The molecule has 3 aliphatic rings. The fourth-order valence-electron chi connectivity index (χ4n) is 5.74. The van der Waals surface area contributed by atoms with E-state index < -0.39 is 0 Å². The summed E-state index contributed by atoms with van der Waals surface area (Å²) in [5, 5.41) is 5.46. The molecule has 0 saturated carbocycles. The highest BCUT2D eigenvalue weighted by atomic mass is 79.9. The zero-order chi connectivity index (χ0) is 21.3. The zero-order valence-corrected chi connectivity index (χ0v) is 20.0. The lowest BCUT2D eigenvalue weighted by Crippen LogP contribution is -2.33. The van der Waals surface area contributed by atoms with Gasteiger partial charge in [0.15, 0.2) is 0 Å². The van der Waals surface area contributed by atoms with Gasteiger partial charge < -0.3 is 0 Å². The molecule has 0 spiro atoms. The first-order chi connectivity index (χ1) is 14.9. The molecule has 0 bridgehead atoms. The predicted molar refractivity (Wildman–Crippen MR) is 137 cm³/mol. The summed E-state index contributed by atoms with van der Waals surface area (Å²) in [6.07, 6.45) is 12.2. The second-order valence-corrected chi connectivity index (χ2v) is 11.2. The molecule has 154 valence electrons. The van der Waals surface area contributed by atoms with E-state index in [0.29, 0.717) is 11.8 Å². The summed E-state index contributed by atoms with van der Waals surface area (Å²) >= 11 is 3.60. The topological polar surface area (TPSA) is 0 Å². The molecule has 0 amide bonds. The van der Waals surface area contributed by atoms with Crippen LogP contribution in [0.2, 0.25) is 0 Å². The van der Waals surface area contributed by atoms with E-state index in [1.54, 1.807) is 11.1 Å². The van der Waals surface area contributed by atoms with Gasteiger partial charge in [-0.2, -0.15) is 0 Å². The number of hydrogen-bond donors (Lipinski definition) is 0. The molecule has 1 heteroatoms. The van der Waals surface area contributed by atoms with Crippen molar-refractivity contribution in [2.75, 3.05) is 0 Å². The normalized spacial score (nSPS) is 21.5.